The highest BCUT2D eigenvalue weighted by atomic mass is 79.9. The molecule has 0 fully saturated rings. The van der Waals surface area contributed by atoms with Gasteiger partial charge in [-0.2, -0.15) is 5.10 Å². The third-order valence-corrected chi connectivity index (χ3v) is 3.13. The molecule has 19 heavy (non-hydrogen) atoms. The first kappa shape index (κ1) is 13.6. The smallest absolute Gasteiger partial charge is 0.127 e. The Morgan fingerprint density at radius 2 is 1.89 bits per heavy atom. The summed E-state index contributed by atoms with van der Waals surface area (Å²) in [6.45, 7) is 2.05. The fourth-order valence-electron chi connectivity index (χ4n) is 1.61. The minimum Gasteiger partial charge on any atom is -0.496 e. The number of methoxy groups -OCH3 is 1. The van der Waals surface area contributed by atoms with E-state index in [4.69, 9.17) is 4.74 Å². The maximum absolute atomic E-state index is 5.28. The molecule has 0 amide bonds. The number of hydrazone groups is 1. The fraction of sp³-hybridized carbons (Fsp3) is 0.133. The number of ether oxygens (including phenoxy) is 1. The summed E-state index contributed by atoms with van der Waals surface area (Å²) in [5.74, 6) is 0.789. The summed E-state index contributed by atoms with van der Waals surface area (Å²) in [5, 5.41) is 4.22. The Kier molecular flexibility index (Phi) is 4.58. The molecule has 0 atom stereocenters. The van der Waals surface area contributed by atoms with E-state index in [1.807, 2.05) is 42.5 Å². The second-order valence-corrected chi connectivity index (χ2v) is 5.04. The van der Waals surface area contributed by atoms with Crippen molar-refractivity contribution in [3.05, 3.63) is 58.1 Å². The molecule has 0 aromatic heterocycles. The number of rotatable bonds is 4. The summed E-state index contributed by atoms with van der Waals surface area (Å²) in [4.78, 5) is 0. The Balaban J connectivity index is 2.10. The van der Waals surface area contributed by atoms with Gasteiger partial charge in [0, 0.05) is 10.0 Å². The van der Waals surface area contributed by atoms with E-state index >= 15 is 0 Å². The molecule has 0 aliphatic carbocycles. The first-order valence-electron chi connectivity index (χ1n) is 5.88. The lowest BCUT2D eigenvalue weighted by atomic mass is 10.2. The van der Waals surface area contributed by atoms with E-state index in [1.54, 1.807) is 13.3 Å². The van der Waals surface area contributed by atoms with Crippen LogP contribution < -0.4 is 10.2 Å². The standard InChI is InChI=1S/C15H15BrN2O/c1-11-3-6-14(7-4-11)18-17-10-12-9-13(16)5-8-15(12)19-2/h3-10,18H,1-2H3/b17-10+. The number of hydrogen-bond acceptors (Lipinski definition) is 3. The lowest BCUT2D eigenvalue weighted by molar-refractivity contribution is 0.414. The van der Waals surface area contributed by atoms with E-state index in [0.717, 1.165) is 21.5 Å². The van der Waals surface area contributed by atoms with Crippen LogP contribution in [-0.2, 0) is 0 Å². The van der Waals surface area contributed by atoms with Crippen molar-refractivity contribution in [3.63, 3.8) is 0 Å². The van der Waals surface area contributed by atoms with Gasteiger partial charge in [0.15, 0.2) is 0 Å². The first-order chi connectivity index (χ1) is 9.19. The molecule has 0 unspecified atom stereocenters. The van der Waals surface area contributed by atoms with E-state index in [0.29, 0.717) is 0 Å². The molecule has 0 heterocycles. The van der Waals surface area contributed by atoms with Crippen LogP contribution in [0, 0.1) is 6.92 Å². The molecular weight excluding hydrogens is 304 g/mol. The zero-order valence-electron chi connectivity index (χ0n) is 10.9. The van der Waals surface area contributed by atoms with Crippen molar-refractivity contribution >= 4 is 27.8 Å². The number of benzene rings is 2. The van der Waals surface area contributed by atoms with Crippen LogP contribution in [0.1, 0.15) is 11.1 Å². The van der Waals surface area contributed by atoms with Crippen LogP contribution in [0.4, 0.5) is 5.69 Å². The highest BCUT2D eigenvalue weighted by molar-refractivity contribution is 9.10. The second-order valence-electron chi connectivity index (χ2n) is 4.12. The van der Waals surface area contributed by atoms with Crippen molar-refractivity contribution in [1.29, 1.82) is 0 Å². The molecule has 4 heteroatoms. The Hall–Kier alpha value is -1.81. The summed E-state index contributed by atoms with van der Waals surface area (Å²) in [6, 6.07) is 13.9. The summed E-state index contributed by atoms with van der Waals surface area (Å²) in [6.07, 6.45) is 1.74. The number of halogens is 1. The van der Waals surface area contributed by atoms with Gasteiger partial charge in [-0.05, 0) is 37.3 Å². The minimum absolute atomic E-state index is 0.789. The molecule has 0 saturated heterocycles. The fourth-order valence-corrected chi connectivity index (χ4v) is 1.99. The van der Waals surface area contributed by atoms with Crippen molar-refractivity contribution in [1.82, 2.24) is 0 Å². The lowest BCUT2D eigenvalue weighted by Gasteiger charge is -2.05. The zero-order chi connectivity index (χ0) is 13.7. The van der Waals surface area contributed by atoms with E-state index < -0.39 is 0 Å². The largest absolute Gasteiger partial charge is 0.496 e. The van der Waals surface area contributed by atoms with Crippen molar-refractivity contribution in [2.75, 3.05) is 12.5 Å². The molecule has 98 valence electrons. The topological polar surface area (TPSA) is 33.6 Å². The van der Waals surface area contributed by atoms with Gasteiger partial charge in [-0.3, -0.25) is 5.43 Å². The monoisotopic (exact) mass is 318 g/mol. The quantitative estimate of drug-likeness (QED) is 0.676. The molecule has 0 aliphatic rings. The first-order valence-corrected chi connectivity index (χ1v) is 6.67. The van der Waals surface area contributed by atoms with Crippen LogP contribution in [0.5, 0.6) is 5.75 Å². The van der Waals surface area contributed by atoms with Gasteiger partial charge in [-0.25, -0.2) is 0 Å². The van der Waals surface area contributed by atoms with Gasteiger partial charge in [-0.1, -0.05) is 33.6 Å². The van der Waals surface area contributed by atoms with Gasteiger partial charge in [0.2, 0.25) is 0 Å². The lowest BCUT2D eigenvalue weighted by Crippen LogP contribution is -1.94. The molecule has 0 spiro atoms. The van der Waals surface area contributed by atoms with Gasteiger partial charge >= 0.3 is 0 Å². The van der Waals surface area contributed by atoms with Gasteiger partial charge in [-0.15, -0.1) is 0 Å². The Morgan fingerprint density at radius 3 is 2.58 bits per heavy atom. The molecule has 0 saturated carbocycles. The van der Waals surface area contributed by atoms with E-state index in [1.165, 1.54) is 5.56 Å². The minimum atomic E-state index is 0.789. The predicted molar refractivity (Wildman–Crippen MR) is 83.1 cm³/mol. The molecule has 2 rings (SSSR count). The average Bonchev–Trinajstić information content (AvgIpc) is 2.41. The van der Waals surface area contributed by atoms with E-state index in [2.05, 4.69) is 33.4 Å². The normalized spacial score (nSPS) is 10.7. The SMILES string of the molecule is COc1ccc(Br)cc1/C=N/Nc1ccc(C)cc1. The number of anilines is 1. The number of hydrogen-bond donors (Lipinski definition) is 1. The Morgan fingerprint density at radius 1 is 1.16 bits per heavy atom. The molecule has 0 aliphatic heterocycles. The Bertz CT molecular complexity index is 579. The summed E-state index contributed by atoms with van der Waals surface area (Å²) in [5.41, 5.74) is 6.08. The average molecular weight is 319 g/mol. The van der Waals surface area contributed by atoms with Crippen LogP contribution in [0.2, 0.25) is 0 Å². The number of nitrogens with zero attached hydrogens (tertiary/aromatic N) is 1. The maximum Gasteiger partial charge on any atom is 0.127 e. The van der Waals surface area contributed by atoms with Gasteiger partial charge < -0.3 is 4.74 Å². The molecule has 1 N–H and O–H groups in total. The predicted octanol–water partition coefficient (Wildman–Crippen LogP) is 4.21. The van der Waals surface area contributed by atoms with E-state index in [9.17, 15) is 0 Å². The van der Waals surface area contributed by atoms with Crippen LogP contribution in [0.25, 0.3) is 0 Å². The molecular formula is C15H15BrN2O. The summed E-state index contributed by atoms with van der Waals surface area (Å²) in [7, 11) is 1.65. The second kappa shape index (κ2) is 6.38. The highest BCUT2D eigenvalue weighted by Gasteiger charge is 2.00. The van der Waals surface area contributed by atoms with Crippen molar-refractivity contribution in [3.8, 4) is 5.75 Å². The highest BCUT2D eigenvalue weighted by Crippen LogP contribution is 2.21. The van der Waals surface area contributed by atoms with Crippen molar-refractivity contribution in [2.45, 2.75) is 6.92 Å². The summed E-state index contributed by atoms with van der Waals surface area (Å²) < 4.78 is 6.27. The molecule has 0 bridgehead atoms. The van der Waals surface area contributed by atoms with Gasteiger partial charge in [0.25, 0.3) is 0 Å². The third-order valence-electron chi connectivity index (χ3n) is 2.64. The molecule has 3 nitrogen and oxygen atoms in total. The van der Waals surface area contributed by atoms with Crippen molar-refractivity contribution in [2.24, 2.45) is 5.10 Å². The molecule has 2 aromatic rings. The third kappa shape index (κ3) is 3.83. The van der Waals surface area contributed by atoms with Crippen LogP contribution >= 0.6 is 15.9 Å². The van der Waals surface area contributed by atoms with Gasteiger partial charge in [0.1, 0.15) is 5.75 Å². The Labute approximate surface area is 121 Å². The summed E-state index contributed by atoms with van der Waals surface area (Å²) >= 11 is 3.43. The molecule has 0 radical (unpaired) electrons. The molecule has 2 aromatic carbocycles. The number of aryl methyl sites for hydroxylation is 1. The zero-order valence-corrected chi connectivity index (χ0v) is 12.4. The van der Waals surface area contributed by atoms with Crippen LogP contribution in [0.15, 0.2) is 52.0 Å². The van der Waals surface area contributed by atoms with Crippen LogP contribution in [-0.4, -0.2) is 13.3 Å². The maximum atomic E-state index is 5.28. The van der Waals surface area contributed by atoms with E-state index in [-0.39, 0.29) is 0 Å². The number of nitrogens with one attached hydrogen (secondary N) is 1. The van der Waals surface area contributed by atoms with Crippen LogP contribution in [0.3, 0.4) is 0 Å². The van der Waals surface area contributed by atoms with Gasteiger partial charge in [0.05, 0.1) is 19.0 Å². The van der Waals surface area contributed by atoms with Crippen molar-refractivity contribution < 1.29 is 4.74 Å².